The lowest BCUT2D eigenvalue weighted by molar-refractivity contribution is 0.412. The molecule has 0 aromatic heterocycles. The Morgan fingerprint density at radius 2 is 0.909 bits per heavy atom. The van der Waals surface area contributed by atoms with E-state index in [9.17, 15) is 0 Å². The molecule has 1 N–H and O–H groups in total. The Balaban J connectivity index is 3.56. The molecule has 0 fully saturated rings. The van der Waals surface area contributed by atoms with E-state index in [1.165, 1.54) is 109 Å². The Morgan fingerprint density at radius 1 is 0.500 bits per heavy atom. The fourth-order valence-electron chi connectivity index (χ4n) is 3.22. The summed E-state index contributed by atoms with van der Waals surface area (Å²) in [5.41, 5.74) is 0. The number of nitrogens with one attached hydrogen (secondary N) is 1. The van der Waals surface area contributed by atoms with E-state index in [2.05, 4.69) is 26.1 Å². The largest absolute Gasteiger partial charge is 0.314 e. The first-order chi connectivity index (χ1) is 10.8. The van der Waals surface area contributed by atoms with Crippen molar-refractivity contribution < 1.29 is 0 Å². The fourth-order valence-corrected chi connectivity index (χ4v) is 3.22. The Hall–Kier alpha value is -0.0400. The molecule has 0 radical (unpaired) electrons. The molecule has 0 saturated heterocycles. The molecule has 0 aliphatic rings. The van der Waals surface area contributed by atoms with Gasteiger partial charge in [0.2, 0.25) is 0 Å². The van der Waals surface area contributed by atoms with Crippen molar-refractivity contribution in [2.75, 3.05) is 6.54 Å². The van der Waals surface area contributed by atoms with Crippen LogP contribution < -0.4 is 5.32 Å². The van der Waals surface area contributed by atoms with Crippen LogP contribution in [-0.2, 0) is 0 Å². The summed E-state index contributed by atoms with van der Waals surface area (Å²) in [7, 11) is 0. The van der Waals surface area contributed by atoms with Gasteiger partial charge in [0.15, 0.2) is 0 Å². The van der Waals surface area contributed by atoms with E-state index in [0.717, 1.165) is 6.04 Å². The second kappa shape index (κ2) is 19.0. The highest BCUT2D eigenvalue weighted by Gasteiger charge is 2.07. The Bertz CT molecular complexity index is 190. The zero-order valence-electron chi connectivity index (χ0n) is 16.1. The van der Waals surface area contributed by atoms with Gasteiger partial charge < -0.3 is 5.32 Å². The van der Waals surface area contributed by atoms with Crippen LogP contribution in [0.15, 0.2) is 0 Å². The molecule has 0 aromatic rings. The van der Waals surface area contributed by atoms with Gasteiger partial charge in [0.25, 0.3) is 0 Å². The average molecular weight is 312 g/mol. The standard InChI is InChI=1S/C21H45N/c1-4-7-9-11-13-15-17-19-21(22-20-6-3)18-16-14-12-10-8-5-2/h21-22H,4-20H2,1-3H3. The molecule has 0 bridgehead atoms. The molecule has 1 atom stereocenters. The van der Waals surface area contributed by atoms with E-state index in [4.69, 9.17) is 0 Å². The van der Waals surface area contributed by atoms with Gasteiger partial charge in [-0.1, -0.05) is 104 Å². The highest BCUT2D eigenvalue weighted by Crippen LogP contribution is 2.14. The first-order valence-electron chi connectivity index (χ1n) is 10.6. The lowest BCUT2D eigenvalue weighted by Gasteiger charge is -2.18. The Kier molecular flexibility index (Phi) is 19.0. The summed E-state index contributed by atoms with van der Waals surface area (Å²) in [4.78, 5) is 0. The Labute approximate surface area is 142 Å². The van der Waals surface area contributed by atoms with Crippen LogP contribution in [0, 0.1) is 0 Å². The summed E-state index contributed by atoms with van der Waals surface area (Å²) in [6.45, 7) is 8.08. The van der Waals surface area contributed by atoms with Crippen LogP contribution in [0.25, 0.3) is 0 Å². The predicted octanol–water partition coefficient (Wildman–Crippen LogP) is 7.25. The molecule has 0 aliphatic carbocycles. The molecule has 1 heteroatoms. The van der Waals surface area contributed by atoms with Gasteiger partial charge in [0.1, 0.15) is 0 Å². The number of hydrogen-bond acceptors (Lipinski definition) is 1. The molecule has 134 valence electrons. The normalized spacial score (nSPS) is 12.7. The lowest BCUT2D eigenvalue weighted by atomic mass is 10.00. The van der Waals surface area contributed by atoms with Gasteiger partial charge >= 0.3 is 0 Å². The number of unbranched alkanes of at least 4 members (excludes halogenated alkanes) is 11. The quantitative estimate of drug-likeness (QED) is 0.263. The van der Waals surface area contributed by atoms with E-state index in [1.807, 2.05) is 0 Å². The zero-order chi connectivity index (χ0) is 16.3. The minimum absolute atomic E-state index is 0.793. The smallest absolute Gasteiger partial charge is 0.00670 e. The molecule has 0 rings (SSSR count). The molecule has 1 unspecified atom stereocenters. The van der Waals surface area contributed by atoms with E-state index < -0.39 is 0 Å². The minimum Gasteiger partial charge on any atom is -0.314 e. The van der Waals surface area contributed by atoms with Gasteiger partial charge in [-0.25, -0.2) is 0 Å². The summed E-state index contributed by atoms with van der Waals surface area (Å²) < 4.78 is 0. The number of hydrogen-bond donors (Lipinski definition) is 1. The van der Waals surface area contributed by atoms with Gasteiger partial charge in [-0.3, -0.25) is 0 Å². The van der Waals surface area contributed by atoms with Gasteiger partial charge in [0.05, 0.1) is 0 Å². The van der Waals surface area contributed by atoms with Crippen molar-refractivity contribution in [1.29, 1.82) is 0 Å². The summed E-state index contributed by atoms with van der Waals surface area (Å²) >= 11 is 0. The second-order valence-corrected chi connectivity index (χ2v) is 7.12. The van der Waals surface area contributed by atoms with Gasteiger partial charge in [-0.2, -0.15) is 0 Å². The van der Waals surface area contributed by atoms with Gasteiger partial charge in [-0.15, -0.1) is 0 Å². The number of rotatable bonds is 18. The molecule has 1 nitrogen and oxygen atoms in total. The van der Waals surface area contributed by atoms with Crippen LogP contribution in [0.4, 0.5) is 0 Å². The highest BCUT2D eigenvalue weighted by molar-refractivity contribution is 4.67. The van der Waals surface area contributed by atoms with Crippen molar-refractivity contribution in [3.8, 4) is 0 Å². The van der Waals surface area contributed by atoms with Crippen LogP contribution in [0.5, 0.6) is 0 Å². The third-order valence-electron chi connectivity index (χ3n) is 4.75. The molecule has 0 aromatic carbocycles. The average Bonchev–Trinajstić information content (AvgIpc) is 2.54. The maximum Gasteiger partial charge on any atom is 0.00670 e. The maximum absolute atomic E-state index is 3.78. The molecular formula is C21H45N. The van der Waals surface area contributed by atoms with Crippen molar-refractivity contribution in [3.63, 3.8) is 0 Å². The molecular weight excluding hydrogens is 266 g/mol. The van der Waals surface area contributed by atoms with Crippen LogP contribution in [-0.4, -0.2) is 12.6 Å². The van der Waals surface area contributed by atoms with Gasteiger partial charge in [0, 0.05) is 6.04 Å². The summed E-state index contributed by atoms with van der Waals surface area (Å²) in [5.74, 6) is 0. The third kappa shape index (κ3) is 16.3. The van der Waals surface area contributed by atoms with E-state index in [-0.39, 0.29) is 0 Å². The molecule has 0 heterocycles. The zero-order valence-corrected chi connectivity index (χ0v) is 16.1. The summed E-state index contributed by atoms with van der Waals surface area (Å²) in [6.07, 6.45) is 22.7. The topological polar surface area (TPSA) is 12.0 Å². The van der Waals surface area contributed by atoms with E-state index in [1.54, 1.807) is 0 Å². The first-order valence-corrected chi connectivity index (χ1v) is 10.6. The van der Waals surface area contributed by atoms with Crippen molar-refractivity contribution in [2.24, 2.45) is 0 Å². The van der Waals surface area contributed by atoms with Crippen molar-refractivity contribution in [3.05, 3.63) is 0 Å². The minimum atomic E-state index is 0.793. The maximum atomic E-state index is 3.78. The lowest BCUT2D eigenvalue weighted by Crippen LogP contribution is -2.29. The monoisotopic (exact) mass is 311 g/mol. The first kappa shape index (κ1) is 22.0. The third-order valence-corrected chi connectivity index (χ3v) is 4.75. The van der Waals surface area contributed by atoms with Crippen LogP contribution in [0.3, 0.4) is 0 Å². The second-order valence-electron chi connectivity index (χ2n) is 7.12. The summed E-state index contributed by atoms with van der Waals surface area (Å²) in [5, 5.41) is 3.78. The fraction of sp³-hybridized carbons (Fsp3) is 1.00. The summed E-state index contributed by atoms with van der Waals surface area (Å²) in [6, 6.07) is 0.793. The van der Waals surface area contributed by atoms with Crippen LogP contribution in [0.1, 0.15) is 124 Å². The van der Waals surface area contributed by atoms with Gasteiger partial charge in [-0.05, 0) is 25.8 Å². The van der Waals surface area contributed by atoms with E-state index >= 15 is 0 Å². The SMILES string of the molecule is CCCCCCCCCC(CCCCCCCC)NCCC. The van der Waals surface area contributed by atoms with E-state index in [0.29, 0.717) is 0 Å². The van der Waals surface area contributed by atoms with Crippen molar-refractivity contribution >= 4 is 0 Å². The van der Waals surface area contributed by atoms with Crippen molar-refractivity contribution in [1.82, 2.24) is 5.32 Å². The molecule has 22 heavy (non-hydrogen) atoms. The van der Waals surface area contributed by atoms with Crippen LogP contribution >= 0.6 is 0 Å². The molecule has 0 aliphatic heterocycles. The predicted molar refractivity (Wildman–Crippen MR) is 103 cm³/mol. The Morgan fingerprint density at radius 3 is 1.32 bits per heavy atom. The molecule has 0 spiro atoms. The van der Waals surface area contributed by atoms with Crippen molar-refractivity contribution in [2.45, 2.75) is 130 Å². The molecule has 0 amide bonds. The molecule has 0 saturated carbocycles. The van der Waals surface area contributed by atoms with Crippen LogP contribution in [0.2, 0.25) is 0 Å². The highest BCUT2D eigenvalue weighted by atomic mass is 14.9.